The van der Waals surface area contributed by atoms with Gasteiger partial charge >= 0.3 is 0 Å². The topological polar surface area (TPSA) is 124 Å². The number of rotatable bonds is 19. The first-order chi connectivity index (χ1) is 13.6. The molecule has 0 aromatic heterocycles. The van der Waals surface area contributed by atoms with Crippen molar-refractivity contribution in [1.82, 2.24) is 0 Å². The molecule has 5 atom stereocenters. The largest absolute Gasteiger partial charge is 0.379 e. The molecule has 0 aromatic carbocycles. The van der Waals surface area contributed by atoms with Crippen molar-refractivity contribution in [2.45, 2.75) is 78.3 Å². The highest BCUT2D eigenvalue weighted by atomic mass is 16.5. The van der Waals surface area contributed by atoms with E-state index in [0.29, 0.717) is 52.9 Å². The van der Waals surface area contributed by atoms with Crippen LogP contribution in [0.1, 0.15) is 48.0 Å². The van der Waals surface area contributed by atoms with E-state index in [4.69, 9.17) is 40.9 Å². The number of ether oxygens (including phenoxy) is 5. The van der Waals surface area contributed by atoms with Gasteiger partial charge in [-0.25, -0.2) is 0 Å². The van der Waals surface area contributed by atoms with Crippen molar-refractivity contribution in [2.75, 3.05) is 52.9 Å². The molecular weight excluding hydrogens is 374 g/mol. The van der Waals surface area contributed by atoms with Gasteiger partial charge in [0.1, 0.15) is 0 Å². The Bertz CT molecular complexity index is 359. The minimum Gasteiger partial charge on any atom is -0.379 e. The van der Waals surface area contributed by atoms with E-state index in [1.807, 2.05) is 34.6 Å². The van der Waals surface area contributed by atoms with E-state index in [0.717, 1.165) is 6.42 Å². The Balaban J connectivity index is 4.57. The van der Waals surface area contributed by atoms with Gasteiger partial charge in [-0.2, -0.15) is 0 Å². The van der Waals surface area contributed by atoms with Crippen LogP contribution in [0.15, 0.2) is 0 Å². The molecule has 8 nitrogen and oxygen atoms in total. The summed E-state index contributed by atoms with van der Waals surface area (Å²) in [5, 5.41) is 0. The van der Waals surface area contributed by atoms with E-state index >= 15 is 0 Å². The van der Waals surface area contributed by atoms with Crippen LogP contribution in [-0.4, -0.2) is 83.2 Å². The van der Waals surface area contributed by atoms with E-state index in [2.05, 4.69) is 6.92 Å². The molecule has 0 aliphatic rings. The first-order valence-electron chi connectivity index (χ1n) is 10.8. The maximum absolute atomic E-state index is 5.97. The van der Waals surface area contributed by atoms with E-state index in [9.17, 15) is 0 Å². The molecule has 0 spiro atoms. The maximum Gasteiger partial charge on any atom is 0.0781 e. The summed E-state index contributed by atoms with van der Waals surface area (Å²) in [6.45, 7) is 15.9. The molecule has 8 heteroatoms. The summed E-state index contributed by atoms with van der Waals surface area (Å²) in [5.74, 6) is 0. The minimum absolute atomic E-state index is 0.00950. The Hall–Kier alpha value is -0.320. The van der Waals surface area contributed by atoms with Crippen LogP contribution >= 0.6 is 0 Å². The zero-order valence-corrected chi connectivity index (χ0v) is 19.5. The second-order valence-corrected chi connectivity index (χ2v) is 8.62. The van der Waals surface area contributed by atoms with Crippen LogP contribution in [0.25, 0.3) is 0 Å². The molecule has 5 unspecified atom stereocenters. The summed E-state index contributed by atoms with van der Waals surface area (Å²) in [7, 11) is 0. The predicted octanol–water partition coefficient (Wildman–Crippen LogP) is 1.28. The quantitative estimate of drug-likeness (QED) is 0.285. The first kappa shape index (κ1) is 28.7. The molecule has 0 aliphatic heterocycles. The molecule has 0 aromatic rings. The number of hydrogen-bond donors (Lipinski definition) is 3. The highest BCUT2D eigenvalue weighted by Crippen LogP contribution is 2.24. The molecule has 0 aliphatic carbocycles. The molecule has 0 fully saturated rings. The lowest BCUT2D eigenvalue weighted by atomic mass is 9.88. The van der Waals surface area contributed by atoms with Crippen molar-refractivity contribution in [1.29, 1.82) is 0 Å². The van der Waals surface area contributed by atoms with Crippen molar-refractivity contribution in [3.8, 4) is 0 Å². The molecule has 0 radical (unpaired) electrons. The van der Waals surface area contributed by atoms with E-state index in [1.165, 1.54) is 0 Å². The van der Waals surface area contributed by atoms with Gasteiger partial charge in [0, 0.05) is 23.5 Å². The minimum atomic E-state index is -0.253. The monoisotopic (exact) mass is 421 g/mol. The van der Waals surface area contributed by atoms with Crippen molar-refractivity contribution in [3.05, 3.63) is 0 Å². The molecular formula is C21H47N3O5. The Morgan fingerprint density at radius 3 is 1.24 bits per heavy atom. The molecule has 0 rings (SSSR count). The van der Waals surface area contributed by atoms with Gasteiger partial charge in [-0.05, 0) is 41.0 Å². The second kappa shape index (κ2) is 16.4. The fourth-order valence-corrected chi connectivity index (χ4v) is 2.50. The second-order valence-electron chi connectivity index (χ2n) is 8.62. The summed E-state index contributed by atoms with van der Waals surface area (Å²) in [5.41, 5.74) is 17.0. The highest BCUT2D eigenvalue weighted by molar-refractivity contribution is 4.78. The van der Waals surface area contributed by atoms with Crippen LogP contribution in [0.4, 0.5) is 0 Å². The molecule has 6 N–H and O–H groups in total. The molecule has 0 heterocycles. The fraction of sp³-hybridized carbons (Fsp3) is 1.00. The van der Waals surface area contributed by atoms with Gasteiger partial charge in [-0.1, -0.05) is 6.92 Å². The number of hydrogen-bond acceptors (Lipinski definition) is 8. The Kier molecular flexibility index (Phi) is 16.2. The predicted molar refractivity (Wildman–Crippen MR) is 117 cm³/mol. The van der Waals surface area contributed by atoms with Crippen LogP contribution in [0.5, 0.6) is 0 Å². The average molecular weight is 422 g/mol. The molecule has 0 saturated heterocycles. The third-order valence-electron chi connectivity index (χ3n) is 4.35. The standard InChI is InChI=1S/C21H47N3O5/c1-7-21(13-25-8-16(2)22,14-26-11-19(5)28-9-17(3)23)15-27-12-20(6)29-10-18(4)24/h16-20H,7-15,22-24H2,1-6H3. The highest BCUT2D eigenvalue weighted by Gasteiger charge is 2.30. The smallest absolute Gasteiger partial charge is 0.0781 e. The third kappa shape index (κ3) is 16.1. The van der Waals surface area contributed by atoms with Crippen LogP contribution in [0.2, 0.25) is 0 Å². The Morgan fingerprint density at radius 2 is 0.931 bits per heavy atom. The molecule has 0 saturated carbocycles. The maximum atomic E-state index is 5.97. The summed E-state index contributed by atoms with van der Waals surface area (Å²) in [6.07, 6.45) is 0.817. The normalized spacial score (nSPS) is 19.3. The first-order valence-corrected chi connectivity index (χ1v) is 10.8. The molecule has 176 valence electrons. The van der Waals surface area contributed by atoms with E-state index in [1.54, 1.807) is 0 Å². The van der Waals surface area contributed by atoms with Crippen molar-refractivity contribution in [3.63, 3.8) is 0 Å². The molecule has 0 amide bonds. The average Bonchev–Trinajstić information content (AvgIpc) is 2.64. The van der Waals surface area contributed by atoms with Gasteiger partial charge in [0.05, 0.1) is 65.1 Å². The van der Waals surface area contributed by atoms with E-state index in [-0.39, 0.29) is 35.7 Å². The SMILES string of the molecule is CCC(COCC(C)N)(COCC(C)OCC(C)N)COCC(C)OCC(C)N. The Labute approximate surface area is 178 Å². The number of nitrogens with two attached hydrogens (primary N) is 3. The van der Waals surface area contributed by atoms with Gasteiger partial charge in [0.2, 0.25) is 0 Å². The van der Waals surface area contributed by atoms with Crippen molar-refractivity contribution in [2.24, 2.45) is 22.6 Å². The summed E-state index contributed by atoms with van der Waals surface area (Å²) in [4.78, 5) is 0. The zero-order valence-electron chi connectivity index (χ0n) is 19.5. The lowest BCUT2D eigenvalue weighted by Gasteiger charge is -2.33. The summed E-state index contributed by atoms with van der Waals surface area (Å²) < 4.78 is 29.1. The Morgan fingerprint density at radius 1 is 0.586 bits per heavy atom. The van der Waals surface area contributed by atoms with Crippen LogP contribution < -0.4 is 17.2 Å². The van der Waals surface area contributed by atoms with Crippen molar-refractivity contribution >= 4 is 0 Å². The van der Waals surface area contributed by atoms with E-state index < -0.39 is 0 Å². The van der Waals surface area contributed by atoms with Gasteiger partial charge < -0.3 is 40.9 Å². The van der Waals surface area contributed by atoms with Gasteiger partial charge in [-0.15, -0.1) is 0 Å². The van der Waals surface area contributed by atoms with Gasteiger partial charge in [0.15, 0.2) is 0 Å². The zero-order chi connectivity index (χ0) is 22.3. The third-order valence-corrected chi connectivity index (χ3v) is 4.35. The van der Waals surface area contributed by atoms with Crippen LogP contribution in [-0.2, 0) is 23.7 Å². The van der Waals surface area contributed by atoms with Crippen LogP contribution in [0, 0.1) is 5.41 Å². The molecule has 29 heavy (non-hydrogen) atoms. The molecule has 0 bridgehead atoms. The lowest BCUT2D eigenvalue weighted by Crippen LogP contribution is -2.40. The summed E-state index contributed by atoms with van der Waals surface area (Å²) in [6, 6.07) is 0.0159. The van der Waals surface area contributed by atoms with Crippen molar-refractivity contribution < 1.29 is 23.7 Å². The van der Waals surface area contributed by atoms with Gasteiger partial charge in [0.25, 0.3) is 0 Å². The van der Waals surface area contributed by atoms with Crippen LogP contribution in [0.3, 0.4) is 0 Å². The fourth-order valence-electron chi connectivity index (χ4n) is 2.50. The lowest BCUT2D eigenvalue weighted by molar-refractivity contribution is -0.102. The summed E-state index contributed by atoms with van der Waals surface area (Å²) >= 11 is 0. The van der Waals surface area contributed by atoms with Gasteiger partial charge in [-0.3, -0.25) is 0 Å².